The molecule has 1 aromatic carbocycles. The molecule has 1 unspecified atom stereocenters. The molecule has 0 saturated heterocycles. The molecule has 1 aliphatic rings. The van der Waals surface area contributed by atoms with Crippen LogP contribution in [0.25, 0.3) is 0 Å². The first-order valence-corrected chi connectivity index (χ1v) is 6.41. The molecule has 0 saturated carbocycles. The van der Waals surface area contributed by atoms with Crippen LogP contribution in [0.2, 0.25) is 0 Å². The Balaban J connectivity index is 1.81. The van der Waals surface area contributed by atoms with E-state index >= 15 is 0 Å². The van der Waals surface area contributed by atoms with Crippen molar-refractivity contribution in [1.29, 1.82) is 0 Å². The molecule has 0 aromatic heterocycles. The molecular formula is C15H20FN. The molecule has 0 heterocycles. The highest BCUT2D eigenvalue weighted by atomic mass is 19.1. The van der Waals surface area contributed by atoms with Crippen molar-refractivity contribution in [1.82, 2.24) is 5.32 Å². The molecule has 1 atom stereocenters. The molecule has 1 aromatic rings. The summed E-state index contributed by atoms with van der Waals surface area (Å²) in [6, 6.07) is 5.58. The molecule has 0 bridgehead atoms. The van der Waals surface area contributed by atoms with Crippen LogP contribution in [-0.2, 0) is 6.42 Å². The summed E-state index contributed by atoms with van der Waals surface area (Å²) < 4.78 is 12.9. The van der Waals surface area contributed by atoms with Gasteiger partial charge < -0.3 is 5.32 Å². The third-order valence-corrected chi connectivity index (χ3v) is 3.36. The van der Waals surface area contributed by atoms with Gasteiger partial charge in [0.05, 0.1) is 0 Å². The molecule has 0 aliphatic heterocycles. The summed E-state index contributed by atoms with van der Waals surface area (Å²) in [6.07, 6.45) is 9.22. The zero-order valence-electron chi connectivity index (χ0n) is 10.4. The molecule has 2 rings (SSSR count). The molecule has 0 spiro atoms. The number of rotatable bonds is 4. The Morgan fingerprint density at radius 1 is 1.41 bits per heavy atom. The van der Waals surface area contributed by atoms with Gasteiger partial charge in [0, 0.05) is 6.04 Å². The number of halogens is 1. The summed E-state index contributed by atoms with van der Waals surface area (Å²) in [5.41, 5.74) is 2.28. The van der Waals surface area contributed by atoms with E-state index in [1.807, 2.05) is 13.0 Å². The number of benzene rings is 1. The second-order valence-electron chi connectivity index (χ2n) is 4.74. The molecule has 2 heteroatoms. The van der Waals surface area contributed by atoms with E-state index in [1.165, 1.54) is 24.8 Å². The lowest BCUT2D eigenvalue weighted by Crippen LogP contribution is -2.30. The number of allylic oxidation sites excluding steroid dienone is 1. The van der Waals surface area contributed by atoms with E-state index < -0.39 is 0 Å². The average Bonchev–Trinajstić information content (AvgIpc) is 2.33. The van der Waals surface area contributed by atoms with Gasteiger partial charge in [0.1, 0.15) is 5.82 Å². The fourth-order valence-corrected chi connectivity index (χ4v) is 2.31. The third kappa shape index (κ3) is 3.67. The monoisotopic (exact) mass is 233 g/mol. The van der Waals surface area contributed by atoms with Crippen molar-refractivity contribution in [2.75, 3.05) is 6.54 Å². The maximum atomic E-state index is 12.9. The standard InChI is InChI=1S/C15H20FN/c1-12-11-14(16)8-7-13(12)9-10-17-15-5-3-2-4-6-15/h3,5,7-8,11,15,17H,2,4,6,9-10H2,1H3. The lowest BCUT2D eigenvalue weighted by atomic mass is 10.0. The van der Waals surface area contributed by atoms with E-state index in [0.717, 1.165) is 18.5 Å². The largest absolute Gasteiger partial charge is 0.310 e. The summed E-state index contributed by atoms with van der Waals surface area (Å²) in [5.74, 6) is -0.144. The van der Waals surface area contributed by atoms with Gasteiger partial charge in [0.2, 0.25) is 0 Å². The fourth-order valence-electron chi connectivity index (χ4n) is 2.31. The van der Waals surface area contributed by atoms with E-state index in [0.29, 0.717) is 6.04 Å². The van der Waals surface area contributed by atoms with E-state index in [1.54, 1.807) is 12.1 Å². The van der Waals surface area contributed by atoms with Crippen molar-refractivity contribution in [3.8, 4) is 0 Å². The van der Waals surface area contributed by atoms with Gasteiger partial charge in [-0.05, 0) is 62.4 Å². The van der Waals surface area contributed by atoms with Crippen molar-refractivity contribution in [3.63, 3.8) is 0 Å². The van der Waals surface area contributed by atoms with Gasteiger partial charge in [-0.3, -0.25) is 0 Å². The topological polar surface area (TPSA) is 12.0 Å². The molecule has 92 valence electrons. The summed E-state index contributed by atoms with van der Waals surface area (Å²) in [4.78, 5) is 0. The van der Waals surface area contributed by atoms with E-state index in [-0.39, 0.29) is 5.82 Å². The van der Waals surface area contributed by atoms with Crippen molar-refractivity contribution < 1.29 is 4.39 Å². The lowest BCUT2D eigenvalue weighted by molar-refractivity contribution is 0.525. The van der Waals surface area contributed by atoms with Crippen LogP contribution in [-0.4, -0.2) is 12.6 Å². The minimum Gasteiger partial charge on any atom is -0.310 e. The lowest BCUT2D eigenvalue weighted by Gasteiger charge is -2.18. The first-order valence-electron chi connectivity index (χ1n) is 6.41. The Hall–Kier alpha value is -1.15. The van der Waals surface area contributed by atoms with E-state index in [9.17, 15) is 4.39 Å². The van der Waals surface area contributed by atoms with Gasteiger partial charge in [-0.25, -0.2) is 4.39 Å². The van der Waals surface area contributed by atoms with Crippen molar-refractivity contribution in [2.24, 2.45) is 0 Å². The fraction of sp³-hybridized carbons (Fsp3) is 0.467. The maximum Gasteiger partial charge on any atom is 0.123 e. The van der Waals surface area contributed by atoms with Gasteiger partial charge in [-0.15, -0.1) is 0 Å². The highest BCUT2D eigenvalue weighted by Gasteiger charge is 2.07. The van der Waals surface area contributed by atoms with E-state index in [2.05, 4.69) is 17.5 Å². The Bertz CT molecular complexity index is 398. The smallest absolute Gasteiger partial charge is 0.123 e. The maximum absolute atomic E-state index is 12.9. The third-order valence-electron chi connectivity index (χ3n) is 3.36. The van der Waals surface area contributed by atoms with Crippen molar-refractivity contribution in [3.05, 3.63) is 47.3 Å². The zero-order chi connectivity index (χ0) is 12.1. The normalized spacial score (nSPS) is 19.5. The Labute approximate surface area is 103 Å². The van der Waals surface area contributed by atoms with Crippen LogP contribution in [0.3, 0.4) is 0 Å². The summed E-state index contributed by atoms with van der Waals surface area (Å²) in [6.45, 7) is 2.93. The van der Waals surface area contributed by atoms with Gasteiger partial charge in [-0.2, -0.15) is 0 Å². The molecule has 0 fully saturated rings. The van der Waals surface area contributed by atoms with Crippen LogP contribution in [0.15, 0.2) is 30.4 Å². The highest BCUT2D eigenvalue weighted by molar-refractivity contribution is 5.26. The second-order valence-corrected chi connectivity index (χ2v) is 4.74. The number of hydrogen-bond donors (Lipinski definition) is 1. The zero-order valence-corrected chi connectivity index (χ0v) is 10.4. The molecule has 0 amide bonds. The molecule has 1 aliphatic carbocycles. The van der Waals surface area contributed by atoms with Crippen molar-refractivity contribution in [2.45, 2.75) is 38.6 Å². The van der Waals surface area contributed by atoms with Crippen LogP contribution in [0.5, 0.6) is 0 Å². The van der Waals surface area contributed by atoms with Gasteiger partial charge in [-0.1, -0.05) is 18.2 Å². The van der Waals surface area contributed by atoms with Crippen LogP contribution in [0, 0.1) is 12.7 Å². The Morgan fingerprint density at radius 2 is 2.29 bits per heavy atom. The van der Waals surface area contributed by atoms with Gasteiger partial charge in [0.15, 0.2) is 0 Å². The predicted octanol–water partition coefficient (Wildman–Crippen LogP) is 3.37. The SMILES string of the molecule is Cc1cc(F)ccc1CCNC1C=CCCC1. The first kappa shape index (κ1) is 12.3. The quantitative estimate of drug-likeness (QED) is 0.786. The highest BCUT2D eigenvalue weighted by Crippen LogP contribution is 2.12. The van der Waals surface area contributed by atoms with Crippen molar-refractivity contribution >= 4 is 0 Å². The van der Waals surface area contributed by atoms with Crippen LogP contribution in [0.4, 0.5) is 4.39 Å². The summed E-state index contributed by atoms with van der Waals surface area (Å²) in [7, 11) is 0. The molecular weight excluding hydrogens is 213 g/mol. The second kappa shape index (κ2) is 5.97. The Morgan fingerprint density at radius 3 is 3.00 bits per heavy atom. The van der Waals surface area contributed by atoms with E-state index in [4.69, 9.17) is 0 Å². The van der Waals surface area contributed by atoms with Gasteiger partial charge >= 0.3 is 0 Å². The number of aryl methyl sites for hydroxylation is 1. The number of hydrogen-bond acceptors (Lipinski definition) is 1. The predicted molar refractivity (Wildman–Crippen MR) is 69.6 cm³/mol. The summed E-state index contributed by atoms with van der Waals surface area (Å²) in [5, 5.41) is 3.53. The van der Waals surface area contributed by atoms with Crippen LogP contribution < -0.4 is 5.32 Å². The molecule has 1 nitrogen and oxygen atoms in total. The molecule has 0 radical (unpaired) electrons. The average molecular weight is 233 g/mol. The first-order chi connectivity index (χ1) is 8.25. The summed E-state index contributed by atoms with van der Waals surface area (Å²) >= 11 is 0. The Kier molecular flexibility index (Phi) is 4.32. The minimum absolute atomic E-state index is 0.144. The van der Waals surface area contributed by atoms with Crippen LogP contribution in [0.1, 0.15) is 30.4 Å². The van der Waals surface area contributed by atoms with Crippen LogP contribution >= 0.6 is 0 Å². The number of nitrogens with one attached hydrogen (secondary N) is 1. The minimum atomic E-state index is -0.144. The molecule has 1 N–H and O–H groups in total. The van der Waals surface area contributed by atoms with Gasteiger partial charge in [0.25, 0.3) is 0 Å². The molecule has 17 heavy (non-hydrogen) atoms.